The summed E-state index contributed by atoms with van der Waals surface area (Å²) in [6, 6.07) is 6.27. The van der Waals surface area contributed by atoms with Gasteiger partial charge >= 0.3 is 0 Å². The molecule has 1 N–H and O–H groups in total. The summed E-state index contributed by atoms with van der Waals surface area (Å²) in [5.41, 5.74) is 1.25. The zero-order valence-corrected chi connectivity index (χ0v) is 14.2. The van der Waals surface area contributed by atoms with Gasteiger partial charge in [-0.2, -0.15) is 0 Å². The van der Waals surface area contributed by atoms with Crippen LogP contribution in [0.2, 0.25) is 0 Å². The number of ether oxygens (including phenoxy) is 1. The number of nitrogens with one attached hydrogen (secondary N) is 1. The molecule has 0 radical (unpaired) electrons. The molecule has 1 saturated carbocycles. The standard InChI is InChI=1S/C17H26BrNO/c1-3-8-20-17-7-6-16(18)10-15(17)12-19-11-14-5-4-13(2)9-14/h6-7,10,13-14,19H,3-5,8-9,11-12H2,1-2H3. The summed E-state index contributed by atoms with van der Waals surface area (Å²) in [5.74, 6) is 2.79. The first kappa shape index (κ1) is 15.8. The van der Waals surface area contributed by atoms with Crippen LogP contribution >= 0.6 is 15.9 Å². The lowest BCUT2D eigenvalue weighted by Gasteiger charge is -2.14. The second kappa shape index (κ2) is 8.04. The minimum absolute atomic E-state index is 0.786. The van der Waals surface area contributed by atoms with Crippen LogP contribution in [0.5, 0.6) is 5.75 Å². The molecule has 0 aliphatic heterocycles. The van der Waals surface area contributed by atoms with Gasteiger partial charge in [0.2, 0.25) is 0 Å². The summed E-state index contributed by atoms with van der Waals surface area (Å²) in [6.07, 6.45) is 5.20. The van der Waals surface area contributed by atoms with Crippen molar-refractivity contribution in [2.45, 2.75) is 46.1 Å². The number of rotatable bonds is 7. The second-order valence-electron chi connectivity index (χ2n) is 6.02. The van der Waals surface area contributed by atoms with Crippen molar-refractivity contribution >= 4 is 15.9 Å². The Balaban J connectivity index is 1.85. The van der Waals surface area contributed by atoms with Crippen LogP contribution in [-0.2, 0) is 6.54 Å². The highest BCUT2D eigenvalue weighted by atomic mass is 79.9. The highest BCUT2D eigenvalue weighted by Gasteiger charge is 2.20. The van der Waals surface area contributed by atoms with Crippen molar-refractivity contribution in [3.05, 3.63) is 28.2 Å². The molecular weight excluding hydrogens is 314 g/mol. The molecule has 20 heavy (non-hydrogen) atoms. The van der Waals surface area contributed by atoms with Crippen molar-refractivity contribution in [1.29, 1.82) is 0 Å². The average Bonchev–Trinajstić information content (AvgIpc) is 2.84. The molecule has 0 spiro atoms. The van der Waals surface area contributed by atoms with Crippen molar-refractivity contribution in [1.82, 2.24) is 5.32 Å². The highest BCUT2D eigenvalue weighted by Crippen LogP contribution is 2.30. The van der Waals surface area contributed by atoms with Gasteiger partial charge in [0, 0.05) is 16.6 Å². The Morgan fingerprint density at radius 3 is 2.90 bits per heavy atom. The topological polar surface area (TPSA) is 21.3 Å². The molecule has 3 heteroatoms. The SMILES string of the molecule is CCCOc1ccc(Br)cc1CNCC1CCC(C)C1. The lowest BCUT2D eigenvalue weighted by Crippen LogP contribution is -2.21. The maximum Gasteiger partial charge on any atom is 0.123 e. The molecule has 1 aromatic carbocycles. The molecule has 2 unspecified atom stereocenters. The molecule has 0 aromatic heterocycles. The molecule has 0 saturated heterocycles. The van der Waals surface area contributed by atoms with E-state index in [4.69, 9.17) is 4.74 Å². The average molecular weight is 340 g/mol. The van der Waals surface area contributed by atoms with Crippen molar-refractivity contribution in [2.24, 2.45) is 11.8 Å². The quantitative estimate of drug-likeness (QED) is 0.772. The fraction of sp³-hybridized carbons (Fsp3) is 0.647. The Morgan fingerprint density at radius 1 is 1.35 bits per heavy atom. The molecule has 2 atom stereocenters. The monoisotopic (exact) mass is 339 g/mol. The van der Waals surface area contributed by atoms with Crippen molar-refractivity contribution < 1.29 is 4.74 Å². The molecule has 2 nitrogen and oxygen atoms in total. The molecule has 1 aliphatic carbocycles. The molecule has 1 aliphatic rings. The fourth-order valence-corrected chi connectivity index (χ4v) is 3.37. The first-order valence-electron chi connectivity index (χ1n) is 7.81. The maximum absolute atomic E-state index is 5.82. The van der Waals surface area contributed by atoms with Crippen LogP contribution in [0.1, 0.15) is 45.1 Å². The van der Waals surface area contributed by atoms with Crippen LogP contribution in [0, 0.1) is 11.8 Å². The van der Waals surface area contributed by atoms with E-state index in [0.717, 1.165) is 48.2 Å². The van der Waals surface area contributed by atoms with E-state index in [1.165, 1.54) is 24.8 Å². The molecule has 112 valence electrons. The van der Waals surface area contributed by atoms with Crippen LogP contribution in [0.4, 0.5) is 0 Å². The van der Waals surface area contributed by atoms with Gasteiger partial charge in [0.1, 0.15) is 5.75 Å². The van der Waals surface area contributed by atoms with Gasteiger partial charge in [0.25, 0.3) is 0 Å². The summed E-state index contributed by atoms with van der Waals surface area (Å²) in [4.78, 5) is 0. The van der Waals surface area contributed by atoms with Crippen molar-refractivity contribution in [3.63, 3.8) is 0 Å². The van der Waals surface area contributed by atoms with E-state index < -0.39 is 0 Å². The summed E-state index contributed by atoms with van der Waals surface area (Å²) in [7, 11) is 0. The molecule has 1 fully saturated rings. The van der Waals surface area contributed by atoms with Crippen LogP contribution in [-0.4, -0.2) is 13.2 Å². The van der Waals surface area contributed by atoms with Gasteiger partial charge in [0.05, 0.1) is 6.61 Å². The van der Waals surface area contributed by atoms with Gasteiger partial charge in [-0.3, -0.25) is 0 Å². The minimum atomic E-state index is 0.786. The maximum atomic E-state index is 5.82. The summed E-state index contributed by atoms with van der Waals surface area (Å²) in [5, 5.41) is 3.61. The summed E-state index contributed by atoms with van der Waals surface area (Å²) >= 11 is 3.55. The largest absolute Gasteiger partial charge is 0.493 e. The third-order valence-corrected chi connectivity index (χ3v) is 4.53. The van der Waals surface area contributed by atoms with E-state index in [9.17, 15) is 0 Å². The van der Waals surface area contributed by atoms with Gasteiger partial charge in [-0.15, -0.1) is 0 Å². The van der Waals surface area contributed by atoms with Crippen LogP contribution < -0.4 is 10.1 Å². The van der Waals surface area contributed by atoms with E-state index in [1.807, 2.05) is 6.07 Å². The fourth-order valence-electron chi connectivity index (χ4n) is 2.96. The first-order valence-corrected chi connectivity index (χ1v) is 8.60. The zero-order chi connectivity index (χ0) is 14.4. The lowest BCUT2D eigenvalue weighted by molar-refractivity contribution is 0.313. The number of hydrogen-bond donors (Lipinski definition) is 1. The van der Waals surface area contributed by atoms with Gasteiger partial charge in [0.15, 0.2) is 0 Å². The second-order valence-corrected chi connectivity index (χ2v) is 6.93. The third-order valence-electron chi connectivity index (χ3n) is 4.04. The Hall–Kier alpha value is -0.540. The van der Waals surface area contributed by atoms with E-state index in [-0.39, 0.29) is 0 Å². The Bertz CT molecular complexity index is 421. The van der Waals surface area contributed by atoms with Crippen LogP contribution in [0.3, 0.4) is 0 Å². The summed E-state index contributed by atoms with van der Waals surface area (Å²) in [6.45, 7) is 7.31. The molecule has 1 aromatic rings. The van der Waals surface area contributed by atoms with Gasteiger partial charge in [-0.25, -0.2) is 0 Å². The summed E-state index contributed by atoms with van der Waals surface area (Å²) < 4.78 is 6.94. The van der Waals surface area contributed by atoms with Crippen LogP contribution in [0.25, 0.3) is 0 Å². The molecule has 0 heterocycles. The van der Waals surface area contributed by atoms with Crippen molar-refractivity contribution in [2.75, 3.05) is 13.2 Å². The Kier molecular flexibility index (Phi) is 6.37. The van der Waals surface area contributed by atoms with Crippen molar-refractivity contribution in [3.8, 4) is 5.75 Å². The zero-order valence-electron chi connectivity index (χ0n) is 12.6. The smallest absolute Gasteiger partial charge is 0.123 e. The lowest BCUT2D eigenvalue weighted by atomic mass is 10.1. The van der Waals surface area contributed by atoms with E-state index in [2.05, 4.69) is 47.2 Å². The predicted molar refractivity (Wildman–Crippen MR) is 88.1 cm³/mol. The molecule has 2 rings (SSSR count). The minimum Gasteiger partial charge on any atom is -0.493 e. The first-order chi connectivity index (χ1) is 9.69. The van der Waals surface area contributed by atoms with Gasteiger partial charge in [-0.05, 0) is 55.8 Å². The number of halogens is 1. The Morgan fingerprint density at radius 2 is 2.20 bits per heavy atom. The molecular formula is C17H26BrNO. The normalized spacial score (nSPS) is 22.1. The molecule has 0 bridgehead atoms. The predicted octanol–water partition coefficient (Wildman–Crippen LogP) is 4.76. The van der Waals surface area contributed by atoms with E-state index in [1.54, 1.807) is 0 Å². The highest BCUT2D eigenvalue weighted by molar-refractivity contribution is 9.10. The van der Waals surface area contributed by atoms with E-state index in [0.29, 0.717) is 0 Å². The Labute approximate surface area is 131 Å². The number of benzene rings is 1. The molecule has 0 amide bonds. The van der Waals surface area contributed by atoms with E-state index >= 15 is 0 Å². The van der Waals surface area contributed by atoms with Gasteiger partial charge in [-0.1, -0.05) is 36.2 Å². The van der Waals surface area contributed by atoms with Gasteiger partial charge < -0.3 is 10.1 Å². The number of hydrogen-bond acceptors (Lipinski definition) is 2. The van der Waals surface area contributed by atoms with Crippen LogP contribution in [0.15, 0.2) is 22.7 Å². The third kappa shape index (κ3) is 4.78.